The summed E-state index contributed by atoms with van der Waals surface area (Å²) in [5.74, 6) is 0. The Morgan fingerprint density at radius 3 is 2.60 bits per heavy atom. The molecule has 0 spiro atoms. The van der Waals surface area contributed by atoms with Crippen LogP contribution >= 0.6 is 12.6 Å². The molecule has 1 nitrogen and oxygen atoms in total. The van der Waals surface area contributed by atoms with Crippen LogP contribution in [0.4, 0.5) is 0 Å². The summed E-state index contributed by atoms with van der Waals surface area (Å²) in [6.45, 7) is 0. The fraction of sp³-hybridized carbons (Fsp3) is 0. The molecule has 2 aromatic carbocycles. The van der Waals surface area contributed by atoms with Crippen molar-refractivity contribution in [2.75, 3.05) is 0 Å². The molecule has 2 heteroatoms. The zero-order valence-electron chi connectivity index (χ0n) is 8.01. The van der Waals surface area contributed by atoms with E-state index < -0.39 is 0 Å². The fourth-order valence-electron chi connectivity index (χ4n) is 1.92. The standard InChI is InChI=1S/C13H9NS/c15-13-12-6-5-9-3-1-2-4-10(9)11(12)7-8-14-13/h1-8H,(H,14,15). The predicted molar refractivity (Wildman–Crippen MR) is 66.5 cm³/mol. The maximum Gasteiger partial charge on any atom is 0.101 e. The molecule has 15 heavy (non-hydrogen) atoms. The van der Waals surface area contributed by atoms with E-state index in [1.165, 1.54) is 16.2 Å². The average molecular weight is 211 g/mol. The van der Waals surface area contributed by atoms with E-state index in [4.69, 9.17) is 0 Å². The topological polar surface area (TPSA) is 12.9 Å². The highest BCUT2D eigenvalue weighted by molar-refractivity contribution is 7.80. The van der Waals surface area contributed by atoms with E-state index in [1.54, 1.807) is 6.20 Å². The number of benzene rings is 2. The molecular formula is C13H9NS. The minimum Gasteiger partial charge on any atom is -0.250 e. The highest BCUT2D eigenvalue weighted by atomic mass is 32.1. The molecule has 0 unspecified atom stereocenters. The van der Waals surface area contributed by atoms with Crippen LogP contribution in [0.3, 0.4) is 0 Å². The zero-order chi connectivity index (χ0) is 10.3. The SMILES string of the molecule is Sc1nccc2c1ccc1ccccc12. The van der Waals surface area contributed by atoms with Crippen LogP contribution in [0.2, 0.25) is 0 Å². The van der Waals surface area contributed by atoms with Crippen molar-refractivity contribution in [2.45, 2.75) is 5.03 Å². The molecule has 0 amide bonds. The largest absolute Gasteiger partial charge is 0.250 e. The quantitative estimate of drug-likeness (QED) is 0.442. The Labute approximate surface area is 93.2 Å². The van der Waals surface area contributed by atoms with E-state index in [-0.39, 0.29) is 0 Å². The normalized spacial score (nSPS) is 11.0. The lowest BCUT2D eigenvalue weighted by molar-refractivity contribution is 1.19. The first-order valence-corrected chi connectivity index (χ1v) is 5.26. The van der Waals surface area contributed by atoms with E-state index in [1.807, 2.05) is 6.07 Å². The highest BCUT2D eigenvalue weighted by Gasteiger charge is 2.01. The summed E-state index contributed by atoms with van der Waals surface area (Å²) in [5.41, 5.74) is 0. The maximum absolute atomic E-state index is 4.36. The van der Waals surface area contributed by atoms with Gasteiger partial charge in [-0.25, -0.2) is 4.98 Å². The smallest absolute Gasteiger partial charge is 0.101 e. The fourth-order valence-corrected chi connectivity index (χ4v) is 2.18. The van der Waals surface area contributed by atoms with Crippen LogP contribution in [-0.2, 0) is 0 Å². The molecule has 72 valence electrons. The Kier molecular flexibility index (Phi) is 1.89. The molecule has 0 saturated heterocycles. The summed E-state index contributed by atoms with van der Waals surface area (Å²) in [6.07, 6.45) is 1.80. The van der Waals surface area contributed by atoms with E-state index >= 15 is 0 Å². The van der Waals surface area contributed by atoms with Gasteiger partial charge in [-0.15, -0.1) is 12.6 Å². The van der Waals surface area contributed by atoms with Crippen molar-refractivity contribution in [3.63, 3.8) is 0 Å². The van der Waals surface area contributed by atoms with Crippen LogP contribution in [0.25, 0.3) is 21.5 Å². The lowest BCUT2D eigenvalue weighted by Gasteiger charge is -2.04. The van der Waals surface area contributed by atoms with E-state index in [2.05, 4.69) is 54.0 Å². The molecule has 1 aromatic heterocycles. The van der Waals surface area contributed by atoms with Gasteiger partial charge < -0.3 is 0 Å². The Bertz CT molecular complexity index is 646. The molecule has 0 fully saturated rings. The summed E-state index contributed by atoms with van der Waals surface area (Å²) in [4.78, 5) is 4.18. The molecule has 0 bridgehead atoms. The summed E-state index contributed by atoms with van der Waals surface area (Å²) in [5, 5.41) is 5.63. The van der Waals surface area contributed by atoms with E-state index in [9.17, 15) is 0 Å². The van der Waals surface area contributed by atoms with Gasteiger partial charge in [0.1, 0.15) is 5.03 Å². The Morgan fingerprint density at radius 1 is 0.800 bits per heavy atom. The first-order valence-electron chi connectivity index (χ1n) is 4.82. The average Bonchev–Trinajstić information content (AvgIpc) is 2.29. The number of nitrogens with zero attached hydrogens (tertiary/aromatic N) is 1. The summed E-state index contributed by atoms with van der Waals surface area (Å²) >= 11 is 4.36. The van der Waals surface area contributed by atoms with Crippen molar-refractivity contribution >= 4 is 34.2 Å². The van der Waals surface area contributed by atoms with Gasteiger partial charge >= 0.3 is 0 Å². The van der Waals surface area contributed by atoms with Crippen LogP contribution in [0.1, 0.15) is 0 Å². The first-order chi connectivity index (χ1) is 7.36. The molecule has 0 atom stereocenters. The third-order valence-corrected chi connectivity index (χ3v) is 3.01. The molecule has 0 saturated carbocycles. The first kappa shape index (κ1) is 8.74. The minimum absolute atomic E-state index is 0.790. The number of hydrogen-bond acceptors (Lipinski definition) is 2. The second-order valence-electron chi connectivity index (χ2n) is 3.52. The molecule has 1 heterocycles. The van der Waals surface area contributed by atoms with E-state index in [0.29, 0.717) is 0 Å². The number of pyridine rings is 1. The van der Waals surface area contributed by atoms with Crippen LogP contribution in [0.5, 0.6) is 0 Å². The summed E-state index contributed by atoms with van der Waals surface area (Å²) in [7, 11) is 0. The number of aromatic nitrogens is 1. The Morgan fingerprint density at radius 2 is 1.67 bits per heavy atom. The van der Waals surface area contributed by atoms with Crippen molar-refractivity contribution in [3.8, 4) is 0 Å². The van der Waals surface area contributed by atoms with Gasteiger partial charge in [-0.2, -0.15) is 0 Å². The van der Waals surface area contributed by atoms with Crippen LogP contribution in [0.15, 0.2) is 53.7 Å². The van der Waals surface area contributed by atoms with Crippen molar-refractivity contribution in [2.24, 2.45) is 0 Å². The monoisotopic (exact) mass is 211 g/mol. The predicted octanol–water partition coefficient (Wildman–Crippen LogP) is 3.68. The molecular weight excluding hydrogens is 202 g/mol. The lowest BCUT2D eigenvalue weighted by Crippen LogP contribution is -1.81. The van der Waals surface area contributed by atoms with Gasteiger partial charge in [0, 0.05) is 11.6 Å². The number of hydrogen-bond donors (Lipinski definition) is 1. The van der Waals surface area contributed by atoms with Gasteiger partial charge in [0.15, 0.2) is 0 Å². The second kappa shape index (κ2) is 3.24. The molecule has 0 aliphatic carbocycles. The van der Waals surface area contributed by atoms with Gasteiger partial charge in [-0.1, -0.05) is 36.4 Å². The Hall–Kier alpha value is -1.54. The molecule has 3 aromatic rings. The number of fused-ring (bicyclic) bond motifs is 3. The van der Waals surface area contributed by atoms with E-state index in [0.717, 1.165) is 10.4 Å². The van der Waals surface area contributed by atoms with Crippen LogP contribution < -0.4 is 0 Å². The minimum atomic E-state index is 0.790. The maximum atomic E-state index is 4.36. The highest BCUT2D eigenvalue weighted by Crippen LogP contribution is 2.27. The second-order valence-corrected chi connectivity index (χ2v) is 3.94. The Balaban J connectivity index is 2.60. The third-order valence-electron chi connectivity index (χ3n) is 2.65. The molecule has 3 rings (SSSR count). The van der Waals surface area contributed by atoms with Gasteiger partial charge in [0.25, 0.3) is 0 Å². The number of thiol groups is 1. The molecule has 0 aliphatic heterocycles. The van der Waals surface area contributed by atoms with Gasteiger partial charge in [-0.05, 0) is 22.2 Å². The third kappa shape index (κ3) is 1.29. The summed E-state index contributed by atoms with van der Waals surface area (Å²) in [6, 6.07) is 14.6. The zero-order valence-corrected chi connectivity index (χ0v) is 8.91. The molecule has 0 radical (unpaired) electrons. The van der Waals surface area contributed by atoms with Gasteiger partial charge in [0.05, 0.1) is 0 Å². The molecule has 0 aliphatic rings. The number of rotatable bonds is 0. The van der Waals surface area contributed by atoms with Crippen molar-refractivity contribution in [3.05, 3.63) is 48.7 Å². The van der Waals surface area contributed by atoms with Crippen molar-refractivity contribution in [1.82, 2.24) is 4.98 Å². The van der Waals surface area contributed by atoms with Gasteiger partial charge in [-0.3, -0.25) is 0 Å². The summed E-state index contributed by atoms with van der Waals surface area (Å²) < 4.78 is 0. The van der Waals surface area contributed by atoms with Crippen molar-refractivity contribution < 1.29 is 0 Å². The molecule has 0 N–H and O–H groups in total. The lowest BCUT2D eigenvalue weighted by atomic mass is 10.0. The van der Waals surface area contributed by atoms with Crippen LogP contribution in [-0.4, -0.2) is 4.98 Å². The van der Waals surface area contributed by atoms with Crippen LogP contribution in [0, 0.1) is 0 Å². The van der Waals surface area contributed by atoms with Gasteiger partial charge in [0.2, 0.25) is 0 Å². The van der Waals surface area contributed by atoms with Crippen molar-refractivity contribution in [1.29, 1.82) is 0 Å².